The first-order valence-electron chi connectivity index (χ1n) is 4.30. The van der Waals surface area contributed by atoms with Gasteiger partial charge in [0.25, 0.3) is 0 Å². The van der Waals surface area contributed by atoms with Crippen LogP contribution in [0.25, 0.3) is 5.65 Å². The second-order valence-electron chi connectivity index (χ2n) is 2.87. The zero-order chi connectivity index (χ0) is 10.8. The summed E-state index contributed by atoms with van der Waals surface area (Å²) in [6.45, 7) is -0.283. The molecule has 0 atom stereocenters. The molecule has 6 nitrogen and oxygen atoms in total. The van der Waals surface area contributed by atoms with Gasteiger partial charge < -0.3 is 9.84 Å². The number of fused-ring (bicyclic) bond motifs is 1. The Kier molecular flexibility index (Phi) is 2.34. The molecule has 15 heavy (non-hydrogen) atoms. The van der Waals surface area contributed by atoms with Crippen molar-refractivity contribution >= 4 is 11.6 Å². The summed E-state index contributed by atoms with van der Waals surface area (Å²) in [6, 6.07) is 4.96. The number of pyridine rings is 1. The predicted molar refractivity (Wildman–Crippen MR) is 50.2 cm³/mol. The van der Waals surface area contributed by atoms with E-state index in [0.717, 1.165) is 0 Å². The zero-order valence-corrected chi connectivity index (χ0v) is 8.04. The first-order chi connectivity index (χ1) is 7.27. The molecular weight excluding hydrogens is 198 g/mol. The van der Waals surface area contributed by atoms with Crippen molar-refractivity contribution in [2.75, 3.05) is 7.11 Å². The number of carbonyl (C=O) groups excluding carboxylic acids is 1. The van der Waals surface area contributed by atoms with Gasteiger partial charge in [-0.05, 0) is 12.1 Å². The van der Waals surface area contributed by atoms with Crippen molar-refractivity contribution in [1.82, 2.24) is 14.6 Å². The Morgan fingerprint density at radius 2 is 2.33 bits per heavy atom. The second-order valence-corrected chi connectivity index (χ2v) is 2.87. The fourth-order valence-corrected chi connectivity index (χ4v) is 1.37. The first kappa shape index (κ1) is 9.60. The van der Waals surface area contributed by atoms with Crippen LogP contribution in [0.15, 0.2) is 18.2 Å². The highest BCUT2D eigenvalue weighted by molar-refractivity contribution is 5.88. The van der Waals surface area contributed by atoms with E-state index in [2.05, 4.69) is 14.9 Å². The first-order valence-corrected chi connectivity index (χ1v) is 4.30. The Hall–Kier alpha value is -1.95. The number of ether oxygens (including phenoxy) is 1. The Bertz CT molecular complexity index is 506. The van der Waals surface area contributed by atoms with Crippen LogP contribution in [-0.4, -0.2) is 32.8 Å². The van der Waals surface area contributed by atoms with Crippen LogP contribution in [0.4, 0.5) is 0 Å². The maximum absolute atomic E-state index is 11.4. The van der Waals surface area contributed by atoms with Gasteiger partial charge in [0.05, 0.1) is 7.11 Å². The number of methoxy groups -OCH3 is 1. The van der Waals surface area contributed by atoms with Gasteiger partial charge in [-0.3, -0.25) is 4.40 Å². The van der Waals surface area contributed by atoms with E-state index in [4.69, 9.17) is 5.11 Å². The molecule has 2 rings (SSSR count). The Morgan fingerprint density at radius 1 is 1.53 bits per heavy atom. The number of aliphatic hydroxyl groups is 1. The predicted octanol–water partition coefficient (Wildman–Crippen LogP) is 0.00820. The smallest absolute Gasteiger partial charge is 0.355 e. The van der Waals surface area contributed by atoms with Gasteiger partial charge in [-0.15, -0.1) is 10.2 Å². The van der Waals surface area contributed by atoms with E-state index in [0.29, 0.717) is 17.2 Å². The summed E-state index contributed by atoms with van der Waals surface area (Å²) in [5.41, 5.74) is 0.797. The molecule has 1 N–H and O–H groups in total. The number of hydrogen-bond donors (Lipinski definition) is 1. The molecule has 0 amide bonds. The molecule has 78 valence electrons. The van der Waals surface area contributed by atoms with Crippen LogP contribution in [0.5, 0.6) is 0 Å². The molecule has 0 fully saturated rings. The summed E-state index contributed by atoms with van der Waals surface area (Å²) in [7, 11) is 1.30. The zero-order valence-electron chi connectivity index (χ0n) is 8.04. The van der Waals surface area contributed by atoms with E-state index in [1.165, 1.54) is 11.5 Å². The molecule has 0 bridgehead atoms. The fraction of sp³-hybridized carbons (Fsp3) is 0.222. The summed E-state index contributed by atoms with van der Waals surface area (Å²) >= 11 is 0. The highest BCUT2D eigenvalue weighted by atomic mass is 16.5. The summed E-state index contributed by atoms with van der Waals surface area (Å²) in [5.74, 6) is -0.180. The van der Waals surface area contributed by atoms with Crippen LogP contribution < -0.4 is 0 Å². The topological polar surface area (TPSA) is 76.7 Å². The van der Waals surface area contributed by atoms with Gasteiger partial charge in [-0.1, -0.05) is 6.07 Å². The Labute approximate surface area is 85.1 Å². The number of esters is 1. The third-order valence-electron chi connectivity index (χ3n) is 2.03. The van der Waals surface area contributed by atoms with Crippen molar-refractivity contribution in [3.05, 3.63) is 29.7 Å². The molecule has 0 aliphatic carbocycles. The van der Waals surface area contributed by atoms with Gasteiger partial charge >= 0.3 is 5.97 Å². The highest BCUT2D eigenvalue weighted by Gasteiger charge is 2.14. The number of carbonyl (C=O) groups is 1. The van der Waals surface area contributed by atoms with E-state index < -0.39 is 5.97 Å². The molecule has 0 aliphatic rings. The average Bonchev–Trinajstić information content (AvgIpc) is 2.70. The summed E-state index contributed by atoms with van der Waals surface area (Å²) < 4.78 is 6.08. The van der Waals surface area contributed by atoms with Crippen LogP contribution in [0.2, 0.25) is 0 Å². The number of hydrogen-bond acceptors (Lipinski definition) is 5. The van der Waals surface area contributed by atoms with Crippen molar-refractivity contribution in [2.45, 2.75) is 6.61 Å². The van der Waals surface area contributed by atoms with Gasteiger partial charge in [0.1, 0.15) is 12.3 Å². The third-order valence-corrected chi connectivity index (χ3v) is 2.03. The maximum Gasteiger partial charge on any atom is 0.355 e. The number of aromatic nitrogens is 3. The molecule has 0 aromatic carbocycles. The molecule has 0 aliphatic heterocycles. The number of rotatable bonds is 2. The summed E-state index contributed by atoms with van der Waals surface area (Å²) in [5, 5.41) is 16.6. The van der Waals surface area contributed by atoms with Crippen molar-refractivity contribution in [3.8, 4) is 0 Å². The molecule has 0 unspecified atom stereocenters. The molecule has 2 aromatic rings. The van der Waals surface area contributed by atoms with E-state index >= 15 is 0 Å². The third kappa shape index (κ3) is 1.44. The minimum Gasteiger partial charge on any atom is -0.464 e. The second kappa shape index (κ2) is 3.66. The van der Waals surface area contributed by atoms with E-state index in [1.807, 2.05) is 0 Å². The maximum atomic E-state index is 11.4. The van der Waals surface area contributed by atoms with Crippen LogP contribution >= 0.6 is 0 Å². The lowest BCUT2D eigenvalue weighted by Crippen LogP contribution is -2.09. The number of nitrogens with zero attached hydrogens (tertiary/aromatic N) is 3. The van der Waals surface area contributed by atoms with Gasteiger partial charge in [0, 0.05) is 0 Å². The van der Waals surface area contributed by atoms with Crippen LogP contribution in [0, 0.1) is 0 Å². The number of aliphatic hydroxyl groups excluding tert-OH is 1. The van der Waals surface area contributed by atoms with Crippen LogP contribution in [0.3, 0.4) is 0 Å². The fourth-order valence-electron chi connectivity index (χ4n) is 1.37. The Balaban J connectivity index is 2.72. The monoisotopic (exact) mass is 207 g/mol. The summed E-state index contributed by atoms with van der Waals surface area (Å²) in [4.78, 5) is 11.4. The molecule has 2 aromatic heterocycles. The van der Waals surface area contributed by atoms with E-state index in [9.17, 15) is 4.79 Å². The van der Waals surface area contributed by atoms with E-state index in [1.54, 1.807) is 18.2 Å². The average molecular weight is 207 g/mol. The lowest BCUT2D eigenvalue weighted by Gasteiger charge is -2.03. The largest absolute Gasteiger partial charge is 0.464 e. The van der Waals surface area contributed by atoms with Gasteiger partial charge in [-0.2, -0.15) is 0 Å². The van der Waals surface area contributed by atoms with Crippen molar-refractivity contribution in [2.24, 2.45) is 0 Å². The van der Waals surface area contributed by atoms with Crippen molar-refractivity contribution in [1.29, 1.82) is 0 Å². The minimum atomic E-state index is -0.491. The minimum absolute atomic E-state index is 0.283. The van der Waals surface area contributed by atoms with Crippen LogP contribution in [0.1, 0.15) is 16.3 Å². The van der Waals surface area contributed by atoms with Gasteiger partial charge in [0.15, 0.2) is 11.5 Å². The van der Waals surface area contributed by atoms with Gasteiger partial charge in [0.2, 0.25) is 0 Å². The standard InChI is InChI=1S/C9H9N3O3/c1-15-9(14)6-3-2-4-7-10-11-8(5-13)12(6)7/h2-4,13H,5H2,1H3. The Morgan fingerprint density at radius 3 is 3.00 bits per heavy atom. The molecule has 0 saturated carbocycles. The van der Waals surface area contributed by atoms with E-state index in [-0.39, 0.29) is 6.61 Å². The van der Waals surface area contributed by atoms with Crippen molar-refractivity contribution < 1.29 is 14.6 Å². The van der Waals surface area contributed by atoms with Crippen LogP contribution in [-0.2, 0) is 11.3 Å². The molecule has 0 radical (unpaired) electrons. The summed E-state index contributed by atoms with van der Waals surface area (Å²) in [6.07, 6.45) is 0. The molecule has 0 saturated heterocycles. The lowest BCUT2D eigenvalue weighted by atomic mass is 10.3. The molecule has 6 heteroatoms. The molecular formula is C9H9N3O3. The molecule has 0 spiro atoms. The van der Waals surface area contributed by atoms with Crippen molar-refractivity contribution in [3.63, 3.8) is 0 Å². The highest BCUT2D eigenvalue weighted by Crippen LogP contribution is 2.09. The quantitative estimate of drug-likeness (QED) is 0.702. The lowest BCUT2D eigenvalue weighted by molar-refractivity contribution is 0.0591. The SMILES string of the molecule is COC(=O)c1cccc2nnc(CO)n12. The normalized spacial score (nSPS) is 10.5. The molecule has 2 heterocycles. The van der Waals surface area contributed by atoms with Gasteiger partial charge in [-0.25, -0.2) is 4.79 Å².